The molecule has 0 amide bonds. The number of nitrogens with zero attached hydrogens (tertiary/aromatic N) is 4. The van der Waals surface area contributed by atoms with Crippen molar-refractivity contribution < 1.29 is 18.7 Å². The van der Waals surface area contributed by atoms with E-state index < -0.39 is 11.9 Å². The highest BCUT2D eigenvalue weighted by molar-refractivity contribution is 7.98. The lowest BCUT2D eigenvalue weighted by atomic mass is 9.99. The summed E-state index contributed by atoms with van der Waals surface area (Å²) in [5.41, 5.74) is 0. The zero-order valence-electron chi connectivity index (χ0n) is 11.5. The van der Waals surface area contributed by atoms with Gasteiger partial charge in [-0.2, -0.15) is 0 Å². The molecule has 0 saturated carbocycles. The summed E-state index contributed by atoms with van der Waals surface area (Å²) >= 11 is 2.66. The number of carboxylic acid groups (broad SMARTS) is 1. The van der Waals surface area contributed by atoms with Crippen molar-refractivity contribution in [2.24, 2.45) is 5.92 Å². The molecule has 0 aliphatic heterocycles. The first-order valence-electron chi connectivity index (χ1n) is 6.08. The fraction of sp³-hybridized carbons (Fsp3) is 0.545. The van der Waals surface area contributed by atoms with E-state index in [1.165, 1.54) is 23.5 Å². The van der Waals surface area contributed by atoms with Gasteiger partial charge in [0.1, 0.15) is 0 Å². The average molecular weight is 330 g/mol. The summed E-state index contributed by atoms with van der Waals surface area (Å²) in [7, 11) is 0. The second-order valence-corrected chi connectivity index (χ2v) is 5.62. The molecule has 2 aromatic rings. The fourth-order valence-corrected chi connectivity index (χ4v) is 2.25. The van der Waals surface area contributed by atoms with Crippen molar-refractivity contribution >= 4 is 29.5 Å². The van der Waals surface area contributed by atoms with E-state index in [0.29, 0.717) is 35.1 Å². The van der Waals surface area contributed by atoms with E-state index in [1.54, 1.807) is 0 Å². The number of aryl methyl sites for hydroxylation is 1. The standard InChI is InChI=1S/C11H14N4O4S2/c1-20-10-14-12-7(18-10)4-3-6(9(16)17)5-8-13-15-11(19-8)21-2/h6H,3-5H2,1-2H3,(H,16,17). The number of aromatic nitrogens is 4. The first-order chi connectivity index (χ1) is 10.1. The third-order valence-corrected chi connectivity index (χ3v) is 3.75. The molecule has 21 heavy (non-hydrogen) atoms. The van der Waals surface area contributed by atoms with E-state index in [-0.39, 0.29) is 6.42 Å². The van der Waals surface area contributed by atoms with Crippen LogP contribution >= 0.6 is 23.5 Å². The Morgan fingerprint density at radius 2 is 1.67 bits per heavy atom. The van der Waals surface area contributed by atoms with Crippen molar-refractivity contribution in [1.29, 1.82) is 0 Å². The van der Waals surface area contributed by atoms with Crippen molar-refractivity contribution in [2.45, 2.75) is 29.7 Å². The molecular formula is C11H14N4O4S2. The van der Waals surface area contributed by atoms with Crippen molar-refractivity contribution in [1.82, 2.24) is 20.4 Å². The Hall–Kier alpha value is -1.55. The van der Waals surface area contributed by atoms with E-state index in [4.69, 9.17) is 8.83 Å². The molecule has 2 heterocycles. The van der Waals surface area contributed by atoms with E-state index in [1.807, 2.05) is 12.5 Å². The second kappa shape index (κ2) is 7.46. The molecule has 0 saturated heterocycles. The molecule has 2 rings (SSSR count). The monoisotopic (exact) mass is 330 g/mol. The largest absolute Gasteiger partial charge is 0.481 e. The lowest BCUT2D eigenvalue weighted by Gasteiger charge is -2.07. The summed E-state index contributed by atoms with van der Waals surface area (Å²) in [5, 5.41) is 25.4. The van der Waals surface area contributed by atoms with Gasteiger partial charge >= 0.3 is 5.97 Å². The highest BCUT2D eigenvalue weighted by Crippen LogP contribution is 2.19. The Kier molecular flexibility index (Phi) is 5.62. The molecule has 0 aromatic carbocycles. The molecule has 0 spiro atoms. The Balaban J connectivity index is 1.94. The third kappa shape index (κ3) is 4.46. The van der Waals surface area contributed by atoms with Crippen LogP contribution < -0.4 is 0 Å². The molecule has 0 aliphatic rings. The van der Waals surface area contributed by atoms with Crippen LogP contribution in [-0.4, -0.2) is 44.0 Å². The van der Waals surface area contributed by atoms with Gasteiger partial charge in [0.15, 0.2) is 0 Å². The van der Waals surface area contributed by atoms with Crippen LogP contribution in [0.1, 0.15) is 18.2 Å². The minimum absolute atomic E-state index is 0.187. The van der Waals surface area contributed by atoms with Gasteiger partial charge in [-0.05, 0) is 18.9 Å². The summed E-state index contributed by atoms with van der Waals surface area (Å²) in [6.07, 6.45) is 4.59. The van der Waals surface area contributed by atoms with Crippen molar-refractivity contribution in [2.75, 3.05) is 12.5 Å². The maximum atomic E-state index is 11.3. The number of rotatable bonds is 8. The molecule has 2 aromatic heterocycles. The maximum absolute atomic E-state index is 11.3. The number of carboxylic acids is 1. The Bertz CT molecular complexity index is 601. The average Bonchev–Trinajstić information content (AvgIpc) is 3.11. The van der Waals surface area contributed by atoms with Gasteiger partial charge in [-0.1, -0.05) is 23.5 Å². The summed E-state index contributed by atoms with van der Waals surface area (Å²) < 4.78 is 10.6. The van der Waals surface area contributed by atoms with Crippen LogP contribution in [0.4, 0.5) is 0 Å². The zero-order valence-corrected chi connectivity index (χ0v) is 13.1. The summed E-state index contributed by atoms with van der Waals surface area (Å²) in [5.74, 6) is -0.795. The van der Waals surface area contributed by atoms with E-state index in [9.17, 15) is 9.90 Å². The Morgan fingerprint density at radius 1 is 1.10 bits per heavy atom. The molecule has 8 nitrogen and oxygen atoms in total. The van der Waals surface area contributed by atoms with Gasteiger partial charge in [0.2, 0.25) is 11.8 Å². The highest BCUT2D eigenvalue weighted by Gasteiger charge is 2.22. The predicted octanol–water partition coefficient (Wildman–Crippen LogP) is 1.77. The van der Waals surface area contributed by atoms with E-state index >= 15 is 0 Å². The van der Waals surface area contributed by atoms with Gasteiger partial charge in [0, 0.05) is 12.8 Å². The number of aliphatic carboxylic acids is 1. The number of carbonyl (C=O) groups is 1. The maximum Gasteiger partial charge on any atom is 0.307 e. The topological polar surface area (TPSA) is 115 Å². The lowest BCUT2D eigenvalue weighted by Crippen LogP contribution is -2.17. The summed E-state index contributed by atoms with van der Waals surface area (Å²) in [6.45, 7) is 0. The molecule has 1 N–H and O–H groups in total. The molecule has 0 radical (unpaired) electrons. The van der Waals surface area contributed by atoms with Gasteiger partial charge in [-0.3, -0.25) is 4.79 Å². The van der Waals surface area contributed by atoms with Gasteiger partial charge in [0.05, 0.1) is 5.92 Å². The normalized spacial score (nSPS) is 12.5. The first-order valence-corrected chi connectivity index (χ1v) is 8.53. The predicted molar refractivity (Wildman–Crippen MR) is 75.3 cm³/mol. The van der Waals surface area contributed by atoms with Crippen LogP contribution in [-0.2, 0) is 17.6 Å². The molecule has 10 heteroatoms. The van der Waals surface area contributed by atoms with Crippen LogP contribution in [0.15, 0.2) is 19.3 Å². The van der Waals surface area contributed by atoms with E-state index in [0.717, 1.165) is 0 Å². The van der Waals surface area contributed by atoms with Crippen molar-refractivity contribution in [3.8, 4) is 0 Å². The van der Waals surface area contributed by atoms with Gasteiger partial charge in [-0.25, -0.2) is 0 Å². The van der Waals surface area contributed by atoms with Gasteiger partial charge < -0.3 is 13.9 Å². The van der Waals surface area contributed by atoms with Crippen LogP contribution in [0.25, 0.3) is 0 Å². The minimum Gasteiger partial charge on any atom is -0.481 e. The van der Waals surface area contributed by atoms with Crippen molar-refractivity contribution in [3.05, 3.63) is 11.8 Å². The van der Waals surface area contributed by atoms with Crippen LogP contribution in [0, 0.1) is 5.92 Å². The quantitative estimate of drug-likeness (QED) is 0.718. The first kappa shape index (κ1) is 15.8. The number of hydrogen-bond acceptors (Lipinski definition) is 9. The molecular weight excluding hydrogens is 316 g/mol. The smallest absolute Gasteiger partial charge is 0.307 e. The van der Waals surface area contributed by atoms with E-state index in [2.05, 4.69) is 20.4 Å². The summed E-state index contributed by atoms with van der Waals surface area (Å²) in [4.78, 5) is 11.3. The third-order valence-electron chi connectivity index (χ3n) is 2.72. The molecule has 0 fully saturated rings. The van der Waals surface area contributed by atoms with Gasteiger partial charge in [0.25, 0.3) is 10.4 Å². The number of thioether (sulfide) groups is 2. The second-order valence-electron chi connectivity index (χ2n) is 4.11. The highest BCUT2D eigenvalue weighted by atomic mass is 32.2. The molecule has 1 unspecified atom stereocenters. The fourth-order valence-electron chi connectivity index (χ4n) is 1.65. The SMILES string of the molecule is CSc1nnc(CCC(Cc2nnc(SC)o2)C(=O)O)o1. The Morgan fingerprint density at radius 3 is 2.19 bits per heavy atom. The summed E-state index contributed by atoms with van der Waals surface area (Å²) in [6, 6.07) is 0. The Labute approximate surface area is 129 Å². The van der Waals surface area contributed by atoms with Crippen molar-refractivity contribution in [3.63, 3.8) is 0 Å². The molecule has 0 aliphatic carbocycles. The number of hydrogen-bond donors (Lipinski definition) is 1. The molecule has 1 atom stereocenters. The van der Waals surface area contributed by atoms with Gasteiger partial charge in [-0.15, -0.1) is 20.4 Å². The van der Waals surface area contributed by atoms with Crippen LogP contribution in [0.5, 0.6) is 0 Å². The molecule has 0 bridgehead atoms. The molecule has 114 valence electrons. The van der Waals surface area contributed by atoms with Crippen LogP contribution in [0.2, 0.25) is 0 Å². The zero-order chi connectivity index (χ0) is 15.2. The van der Waals surface area contributed by atoms with Crippen LogP contribution in [0.3, 0.4) is 0 Å². The minimum atomic E-state index is -0.913. The lowest BCUT2D eigenvalue weighted by molar-refractivity contribution is -0.142.